The molecule has 1 aromatic carbocycles. The van der Waals surface area contributed by atoms with Crippen LogP contribution in [0.2, 0.25) is 5.02 Å². The van der Waals surface area contributed by atoms with E-state index in [1.165, 1.54) is 5.56 Å². The lowest BCUT2D eigenvalue weighted by atomic mass is 10.1. The first kappa shape index (κ1) is 18.3. The second-order valence-corrected chi connectivity index (χ2v) is 7.73. The zero-order valence-electron chi connectivity index (χ0n) is 13.7. The van der Waals surface area contributed by atoms with Gasteiger partial charge < -0.3 is 5.32 Å². The summed E-state index contributed by atoms with van der Waals surface area (Å²) in [7, 11) is 0. The fourth-order valence-corrected chi connectivity index (χ4v) is 2.86. The molecule has 0 heterocycles. The number of benzene rings is 1. The monoisotopic (exact) mass is 395 g/mol. The molecule has 0 saturated heterocycles. The molecule has 1 N–H and O–H groups in total. The van der Waals surface area contributed by atoms with Crippen LogP contribution in [-0.4, -0.2) is 11.9 Å². The number of allylic oxidation sites excluding steroid dienone is 3. The van der Waals surface area contributed by atoms with Crippen molar-refractivity contribution in [3.63, 3.8) is 0 Å². The number of rotatable bonds is 6. The van der Waals surface area contributed by atoms with E-state index < -0.39 is 0 Å². The van der Waals surface area contributed by atoms with E-state index in [1.54, 1.807) is 6.08 Å². The molecular formula is C19H23BrClNO. The Hall–Kier alpha value is -1.06. The van der Waals surface area contributed by atoms with Gasteiger partial charge in [0.2, 0.25) is 5.91 Å². The van der Waals surface area contributed by atoms with Gasteiger partial charge in [-0.3, -0.25) is 4.79 Å². The van der Waals surface area contributed by atoms with Crippen LogP contribution in [-0.2, 0) is 4.79 Å². The van der Waals surface area contributed by atoms with E-state index in [1.807, 2.05) is 25.1 Å². The number of hydrogen-bond donors (Lipinski definition) is 1. The minimum Gasteiger partial charge on any atom is -0.350 e. The molecule has 2 nitrogen and oxygen atoms in total. The molecule has 1 aliphatic rings. The molecule has 0 aromatic heterocycles. The third-order valence-electron chi connectivity index (χ3n) is 4.30. The van der Waals surface area contributed by atoms with Crippen LogP contribution in [0.3, 0.4) is 0 Å². The summed E-state index contributed by atoms with van der Waals surface area (Å²) in [5.74, 6) is 1.51. The molecule has 2 rings (SSSR count). The van der Waals surface area contributed by atoms with Crippen molar-refractivity contribution in [1.29, 1.82) is 0 Å². The van der Waals surface area contributed by atoms with E-state index in [0.717, 1.165) is 15.9 Å². The molecule has 0 aliphatic heterocycles. The van der Waals surface area contributed by atoms with E-state index in [0.29, 0.717) is 17.8 Å². The molecule has 0 spiro atoms. The quantitative estimate of drug-likeness (QED) is 0.500. The molecule has 1 aliphatic carbocycles. The van der Waals surface area contributed by atoms with Gasteiger partial charge in [-0.1, -0.05) is 49.7 Å². The van der Waals surface area contributed by atoms with Crippen LogP contribution in [0.25, 0.3) is 0 Å². The summed E-state index contributed by atoms with van der Waals surface area (Å²) >= 11 is 9.49. The fraction of sp³-hybridized carbons (Fsp3) is 0.421. The molecule has 1 fully saturated rings. The van der Waals surface area contributed by atoms with Crippen molar-refractivity contribution < 1.29 is 4.79 Å². The van der Waals surface area contributed by atoms with Gasteiger partial charge in [0.25, 0.3) is 0 Å². The second-order valence-electron chi connectivity index (χ2n) is 6.46. The van der Waals surface area contributed by atoms with E-state index in [9.17, 15) is 4.79 Å². The number of nitrogens with one attached hydrogen (secondary N) is 1. The standard InChI is InChI=1S/C19H23BrClNO/c1-12(2)13(3)22-19(23)7-5-4-6-14-10-16(14)15-8-9-18(21)17(20)11-15/h4-9,11-14,16H,10H2,1-3H3,(H,22,23). The number of hydrogen-bond acceptors (Lipinski definition) is 1. The van der Waals surface area contributed by atoms with Gasteiger partial charge in [-0.15, -0.1) is 0 Å². The van der Waals surface area contributed by atoms with Crippen LogP contribution in [0, 0.1) is 11.8 Å². The van der Waals surface area contributed by atoms with Gasteiger partial charge in [-0.25, -0.2) is 0 Å². The SMILES string of the molecule is CC(C)C(C)NC(=O)C=CC=CC1CC1c1ccc(Cl)c(Br)c1. The molecule has 1 saturated carbocycles. The molecule has 3 unspecified atom stereocenters. The van der Waals surface area contributed by atoms with Gasteiger partial charge in [0, 0.05) is 16.6 Å². The summed E-state index contributed by atoms with van der Waals surface area (Å²) in [6, 6.07) is 6.30. The lowest BCUT2D eigenvalue weighted by Crippen LogP contribution is -2.34. The highest BCUT2D eigenvalue weighted by Crippen LogP contribution is 2.49. The number of carbonyl (C=O) groups is 1. The Kier molecular flexibility index (Phi) is 6.49. The van der Waals surface area contributed by atoms with Crippen LogP contribution in [0.4, 0.5) is 0 Å². The number of amides is 1. The summed E-state index contributed by atoms with van der Waals surface area (Å²) in [5.41, 5.74) is 1.31. The first-order valence-electron chi connectivity index (χ1n) is 7.98. The van der Waals surface area contributed by atoms with Crippen LogP contribution in [0.15, 0.2) is 47.0 Å². The second kappa shape index (κ2) is 8.16. The maximum absolute atomic E-state index is 11.7. The Morgan fingerprint density at radius 3 is 2.74 bits per heavy atom. The minimum absolute atomic E-state index is 0.0372. The third-order valence-corrected chi connectivity index (χ3v) is 5.51. The van der Waals surface area contributed by atoms with E-state index in [-0.39, 0.29) is 11.9 Å². The van der Waals surface area contributed by atoms with Crippen LogP contribution >= 0.6 is 27.5 Å². The summed E-state index contributed by atoms with van der Waals surface area (Å²) < 4.78 is 0.946. The first-order valence-corrected chi connectivity index (χ1v) is 9.16. The Morgan fingerprint density at radius 2 is 2.09 bits per heavy atom. The Morgan fingerprint density at radius 1 is 1.35 bits per heavy atom. The average molecular weight is 397 g/mol. The zero-order chi connectivity index (χ0) is 17.0. The Bertz CT molecular complexity index is 624. The summed E-state index contributed by atoms with van der Waals surface area (Å²) in [6.45, 7) is 6.21. The van der Waals surface area contributed by atoms with Crippen molar-refractivity contribution in [2.75, 3.05) is 0 Å². The molecule has 124 valence electrons. The van der Waals surface area contributed by atoms with Crippen LogP contribution < -0.4 is 5.32 Å². The highest BCUT2D eigenvalue weighted by molar-refractivity contribution is 9.10. The van der Waals surface area contributed by atoms with Crippen molar-refractivity contribution in [2.45, 2.75) is 39.2 Å². The molecular weight excluding hydrogens is 374 g/mol. The van der Waals surface area contributed by atoms with Crippen LogP contribution in [0.5, 0.6) is 0 Å². The Labute approximate surface area is 152 Å². The molecule has 3 atom stereocenters. The van der Waals surface area contributed by atoms with Gasteiger partial charge in [-0.2, -0.15) is 0 Å². The van der Waals surface area contributed by atoms with E-state index in [4.69, 9.17) is 11.6 Å². The van der Waals surface area contributed by atoms with Gasteiger partial charge in [0.05, 0.1) is 5.02 Å². The van der Waals surface area contributed by atoms with Crippen molar-refractivity contribution >= 4 is 33.4 Å². The normalized spacial score (nSPS) is 22.0. The zero-order valence-corrected chi connectivity index (χ0v) is 16.1. The Balaban J connectivity index is 1.80. The van der Waals surface area contributed by atoms with Gasteiger partial charge in [0.15, 0.2) is 0 Å². The van der Waals surface area contributed by atoms with Crippen molar-refractivity contribution in [3.05, 3.63) is 57.6 Å². The predicted molar refractivity (Wildman–Crippen MR) is 101 cm³/mol. The lowest BCUT2D eigenvalue weighted by Gasteiger charge is -2.15. The maximum Gasteiger partial charge on any atom is 0.244 e. The highest BCUT2D eigenvalue weighted by Gasteiger charge is 2.36. The van der Waals surface area contributed by atoms with E-state index in [2.05, 4.69) is 53.3 Å². The van der Waals surface area contributed by atoms with Gasteiger partial charge in [-0.05, 0) is 64.7 Å². The summed E-state index contributed by atoms with van der Waals surface area (Å²) in [4.78, 5) is 11.7. The van der Waals surface area contributed by atoms with Gasteiger partial charge in [0.1, 0.15) is 0 Å². The number of carbonyl (C=O) groups excluding carboxylic acids is 1. The maximum atomic E-state index is 11.7. The van der Waals surface area contributed by atoms with Crippen LogP contribution in [0.1, 0.15) is 38.7 Å². The molecule has 1 amide bonds. The van der Waals surface area contributed by atoms with Crippen molar-refractivity contribution in [1.82, 2.24) is 5.32 Å². The van der Waals surface area contributed by atoms with Crippen molar-refractivity contribution in [2.24, 2.45) is 11.8 Å². The highest BCUT2D eigenvalue weighted by atomic mass is 79.9. The predicted octanol–water partition coefficient (Wildman–Crippen LogP) is 5.48. The molecule has 4 heteroatoms. The molecule has 0 radical (unpaired) electrons. The average Bonchev–Trinajstić information content (AvgIpc) is 3.26. The molecule has 0 bridgehead atoms. The number of halogens is 2. The largest absolute Gasteiger partial charge is 0.350 e. The van der Waals surface area contributed by atoms with E-state index >= 15 is 0 Å². The fourth-order valence-electron chi connectivity index (χ4n) is 2.34. The van der Waals surface area contributed by atoms with Gasteiger partial charge >= 0.3 is 0 Å². The van der Waals surface area contributed by atoms with Crippen molar-refractivity contribution in [3.8, 4) is 0 Å². The first-order chi connectivity index (χ1) is 10.9. The molecule has 1 aromatic rings. The summed E-state index contributed by atoms with van der Waals surface area (Å²) in [5, 5.41) is 3.69. The molecule has 23 heavy (non-hydrogen) atoms. The third kappa shape index (κ3) is 5.50. The smallest absolute Gasteiger partial charge is 0.244 e. The summed E-state index contributed by atoms with van der Waals surface area (Å²) in [6.07, 6.45) is 8.69. The lowest BCUT2D eigenvalue weighted by molar-refractivity contribution is -0.117. The minimum atomic E-state index is -0.0372. The topological polar surface area (TPSA) is 29.1 Å².